The molecule has 2 aromatic carbocycles. The Labute approximate surface area is 169 Å². The van der Waals surface area contributed by atoms with Gasteiger partial charge in [-0.05, 0) is 37.1 Å². The number of likely N-dealkylation sites (tertiary alicyclic amines) is 1. The van der Waals surface area contributed by atoms with Gasteiger partial charge in [-0.3, -0.25) is 4.79 Å². The fraction of sp³-hybridized carbons (Fsp3) is 0.333. The Kier molecular flexibility index (Phi) is 6.43. The molecule has 0 aliphatic carbocycles. The number of rotatable bonds is 6. The first kappa shape index (κ1) is 20.3. The second-order valence-electron chi connectivity index (χ2n) is 6.57. The lowest BCUT2D eigenvalue weighted by Gasteiger charge is -2.24. The van der Waals surface area contributed by atoms with Crippen LogP contribution in [-0.2, 0) is 4.79 Å². The van der Waals surface area contributed by atoms with Gasteiger partial charge >= 0.3 is 6.03 Å². The second kappa shape index (κ2) is 9.18. The summed E-state index contributed by atoms with van der Waals surface area (Å²) in [5, 5.41) is 5.69. The molecule has 1 atom stereocenters. The minimum atomic E-state index is -0.563. The number of hydrogen-bond donors (Lipinski definition) is 2. The third-order valence-electron chi connectivity index (χ3n) is 4.80. The van der Waals surface area contributed by atoms with Gasteiger partial charge in [-0.15, -0.1) is 0 Å². The normalized spacial score (nSPS) is 15.6. The molecule has 2 aromatic rings. The minimum absolute atomic E-state index is 0.258. The highest BCUT2D eigenvalue weighted by Crippen LogP contribution is 2.30. The average molecular weight is 399 g/mol. The van der Waals surface area contributed by atoms with Gasteiger partial charge in [-0.2, -0.15) is 0 Å². The Hall–Kier alpha value is -3.42. The van der Waals surface area contributed by atoms with Gasteiger partial charge in [0.2, 0.25) is 5.91 Å². The van der Waals surface area contributed by atoms with E-state index in [-0.39, 0.29) is 11.9 Å². The maximum absolute atomic E-state index is 12.9. The maximum atomic E-state index is 12.9. The number of nitrogens with one attached hydrogen (secondary N) is 2. The largest absolute Gasteiger partial charge is 0.497 e. The van der Waals surface area contributed by atoms with Crippen molar-refractivity contribution in [2.24, 2.45) is 0 Å². The summed E-state index contributed by atoms with van der Waals surface area (Å²) in [4.78, 5) is 27.2. The molecule has 1 fully saturated rings. The van der Waals surface area contributed by atoms with E-state index in [1.54, 1.807) is 61.6 Å². The van der Waals surface area contributed by atoms with Crippen molar-refractivity contribution >= 4 is 23.3 Å². The maximum Gasteiger partial charge on any atom is 0.322 e. The van der Waals surface area contributed by atoms with E-state index >= 15 is 0 Å². The molecule has 1 heterocycles. The highest BCUT2D eigenvalue weighted by molar-refractivity contribution is 6.00. The number of carbonyl (C=O) groups excluding carboxylic acids is 2. The van der Waals surface area contributed by atoms with Crippen molar-refractivity contribution in [2.75, 3.05) is 38.5 Å². The molecule has 29 heavy (non-hydrogen) atoms. The lowest BCUT2D eigenvalue weighted by atomic mass is 10.2. The smallest absolute Gasteiger partial charge is 0.322 e. The van der Waals surface area contributed by atoms with Crippen LogP contribution in [0.4, 0.5) is 16.2 Å². The molecule has 0 bridgehead atoms. The summed E-state index contributed by atoms with van der Waals surface area (Å²) in [6.45, 7) is 0.508. The van der Waals surface area contributed by atoms with Crippen LogP contribution in [0.1, 0.15) is 12.8 Å². The molecule has 3 amide bonds. The molecule has 1 aliphatic rings. The van der Waals surface area contributed by atoms with Crippen molar-refractivity contribution in [3.8, 4) is 17.2 Å². The molecule has 8 nitrogen and oxygen atoms in total. The molecular formula is C21H25N3O5. The minimum Gasteiger partial charge on any atom is -0.497 e. The van der Waals surface area contributed by atoms with Crippen LogP contribution in [0.2, 0.25) is 0 Å². The fourth-order valence-corrected chi connectivity index (χ4v) is 3.30. The average Bonchev–Trinajstić information content (AvgIpc) is 3.24. The molecule has 0 radical (unpaired) electrons. The standard InChI is InChI=1S/C21H25N3O5/c1-27-15-7-4-6-14(12-15)22-21(26)24-11-5-8-18(24)20(25)23-17-10-9-16(28-2)13-19(17)29-3/h4,6-7,9-10,12-13,18H,5,8,11H2,1-3H3,(H,22,26)(H,23,25). The van der Waals surface area contributed by atoms with Gasteiger partial charge in [0.1, 0.15) is 23.3 Å². The van der Waals surface area contributed by atoms with E-state index in [1.165, 1.54) is 7.11 Å². The van der Waals surface area contributed by atoms with E-state index in [0.717, 1.165) is 6.42 Å². The van der Waals surface area contributed by atoms with Crippen molar-refractivity contribution in [3.63, 3.8) is 0 Å². The SMILES string of the molecule is COc1cccc(NC(=O)N2CCCC2C(=O)Nc2ccc(OC)cc2OC)c1. The molecule has 2 N–H and O–H groups in total. The molecule has 1 unspecified atom stereocenters. The van der Waals surface area contributed by atoms with Crippen molar-refractivity contribution in [3.05, 3.63) is 42.5 Å². The van der Waals surface area contributed by atoms with Crippen molar-refractivity contribution in [1.82, 2.24) is 4.90 Å². The topological polar surface area (TPSA) is 89.1 Å². The number of urea groups is 1. The van der Waals surface area contributed by atoms with Crippen molar-refractivity contribution in [2.45, 2.75) is 18.9 Å². The summed E-state index contributed by atoms with van der Waals surface area (Å²) < 4.78 is 15.7. The van der Waals surface area contributed by atoms with Gasteiger partial charge in [0.05, 0.1) is 27.0 Å². The highest BCUT2D eigenvalue weighted by Gasteiger charge is 2.34. The van der Waals surface area contributed by atoms with Crippen LogP contribution >= 0.6 is 0 Å². The van der Waals surface area contributed by atoms with E-state index in [9.17, 15) is 9.59 Å². The van der Waals surface area contributed by atoms with Gasteiger partial charge in [0, 0.05) is 24.4 Å². The number of ether oxygens (including phenoxy) is 3. The summed E-state index contributed by atoms with van der Waals surface area (Å²) in [7, 11) is 4.65. The number of nitrogens with zero attached hydrogens (tertiary/aromatic N) is 1. The zero-order chi connectivity index (χ0) is 20.8. The summed E-state index contributed by atoms with van der Waals surface area (Å²) >= 11 is 0. The lowest BCUT2D eigenvalue weighted by molar-refractivity contribution is -0.119. The third-order valence-corrected chi connectivity index (χ3v) is 4.80. The van der Waals surface area contributed by atoms with Gasteiger partial charge in [-0.1, -0.05) is 6.07 Å². The molecule has 3 rings (SSSR count). The van der Waals surface area contributed by atoms with E-state index in [0.29, 0.717) is 41.6 Å². The van der Waals surface area contributed by atoms with E-state index in [1.807, 2.05) is 0 Å². The van der Waals surface area contributed by atoms with Crippen LogP contribution in [0.5, 0.6) is 17.2 Å². The summed E-state index contributed by atoms with van der Waals surface area (Å²) in [6, 6.07) is 11.3. The van der Waals surface area contributed by atoms with Gasteiger partial charge < -0.3 is 29.7 Å². The van der Waals surface area contributed by atoms with Crippen LogP contribution in [0.3, 0.4) is 0 Å². The van der Waals surface area contributed by atoms with Crippen LogP contribution in [0, 0.1) is 0 Å². The zero-order valence-corrected chi connectivity index (χ0v) is 16.7. The number of anilines is 2. The Bertz CT molecular complexity index is 886. The number of methoxy groups -OCH3 is 3. The predicted octanol–water partition coefficient (Wildman–Crippen LogP) is 3.35. The number of carbonyl (C=O) groups is 2. The van der Waals surface area contributed by atoms with Gasteiger partial charge in [-0.25, -0.2) is 4.79 Å². The first-order valence-corrected chi connectivity index (χ1v) is 9.30. The number of amides is 3. The zero-order valence-electron chi connectivity index (χ0n) is 16.7. The first-order chi connectivity index (χ1) is 14.0. The number of benzene rings is 2. The van der Waals surface area contributed by atoms with Gasteiger partial charge in [0.25, 0.3) is 0 Å². The van der Waals surface area contributed by atoms with E-state index in [2.05, 4.69) is 10.6 Å². The molecule has 1 saturated heterocycles. The van der Waals surface area contributed by atoms with E-state index in [4.69, 9.17) is 14.2 Å². The fourth-order valence-electron chi connectivity index (χ4n) is 3.30. The second-order valence-corrected chi connectivity index (χ2v) is 6.57. The first-order valence-electron chi connectivity index (χ1n) is 9.30. The molecule has 0 aromatic heterocycles. The van der Waals surface area contributed by atoms with E-state index < -0.39 is 6.04 Å². The Balaban J connectivity index is 1.69. The van der Waals surface area contributed by atoms with Crippen LogP contribution in [0.15, 0.2) is 42.5 Å². The lowest BCUT2D eigenvalue weighted by Crippen LogP contribution is -2.45. The van der Waals surface area contributed by atoms with Crippen molar-refractivity contribution in [1.29, 1.82) is 0 Å². The van der Waals surface area contributed by atoms with Crippen molar-refractivity contribution < 1.29 is 23.8 Å². The molecule has 8 heteroatoms. The predicted molar refractivity (Wildman–Crippen MR) is 110 cm³/mol. The Morgan fingerprint density at radius 1 is 0.966 bits per heavy atom. The summed E-state index contributed by atoms with van der Waals surface area (Å²) in [5.41, 5.74) is 1.13. The molecule has 154 valence electrons. The summed E-state index contributed by atoms with van der Waals surface area (Å²) in [6.07, 6.45) is 1.35. The molecular weight excluding hydrogens is 374 g/mol. The monoisotopic (exact) mass is 399 g/mol. The summed E-state index contributed by atoms with van der Waals surface area (Å²) in [5.74, 6) is 1.50. The van der Waals surface area contributed by atoms with Crippen LogP contribution in [-0.4, -0.2) is 50.8 Å². The van der Waals surface area contributed by atoms with Crippen LogP contribution in [0.25, 0.3) is 0 Å². The molecule has 1 aliphatic heterocycles. The van der Waals surface area contributed by atoms with Crippen LogP contribution < -0.4 is 24.8 Å². The Morgan fingerprint density at radius 2 is 1.72 bits per heavy atom. The number of hydrogen-bond acceptors (Lipinski definition) is 5. The quantitative estimate of drug-likeness (QED) is 0.778. The molecule has 0 saturated carbocycles. The highest BCUT2D eigenvalue weighted by atomic mass is 16.5. The molecule has 0 spiro atoms. The van der Waals surface area contributed by atoms with Gasteiger partial charge in [0.15, 0.2) is 0 Å². The Morgan fingerprint density at radius 3 is 2.45 bits per heavy atom. The third kappa shape index (κ3) is 4.71.